The van der Waals surface area contributed by atoms with Crippen LogP contribution < -0.4 is 5.32 Å². The second-order valence-electron chi connectivity index (χ2n) is 7.21. The van der Waals surface area contributed by atoms with Crippen molar-refractivity contribution in [2.45, 2.75) is 44.1 Å². The van der Waals surface area contributed by atoms with Gasteiger partial charge in [-0.25, -0.2) is 4.39 Å². The van der Waals surface area contributed by atoms with Crippen molar-refractivity contribution < 1.29 is 9.18 Å². The Morgan fingerprint density at radius 3 is 2.31 bits per heavy atom. The Balaban J connectivity index is 1.20. The van der Waals surface area contributed by atoms with Gasteiger partial charge in [0, 0.05) is 18.4 Å². The van der Waals surface area contributed by atoms with E-state index in [0.29, 0.717) is 24.9 Å². The van der Waals surface area contributed by atoms with Crippen LogP contribution in [-0.2, 0) is 11.3 Å². The van der Waals surface area contributed by atoms with E-state index in [-0.39, 0.29) is 11.7 Å². The van der Waals surface area contributed by atoms with E-state index in [9.17, 15) is 9.18 Å². The number of hydrogen-bond donors (Lipinski definition) is 1. The van der Waals surface area contributed by atoms with Crippen LogP contribution in [0.4, 0.5) is 4.39 Å². The average Bonchev–Trinajstić information content (AvgIpc) is 3.39. The van der Waals surface area contributed by atoms with E-state index in [4.69, 9.17) is 0 Å². The van der Waals surface area contributed by atoms with Gasteiger partial charge in [0.25, 0.3) is 0 Å². The highest BCUT2D eigenvalue weighted by atomic mass is 32.1. The quantitative estimate of drug-likeness (QED) is 0.844. The van der Waals surface area contributed by atoms with Crippen molar-refractivity contribution in [3.8, 4) is 0 Å². The number of rotatable bonds is 6. The monoisotopic (exact) mass is 374 g/mol. The number of aromatic nitrogens is 2. The molecule has 138 valence electrons. The van der Waals surface area contributed by atoms with E-state index < -0.39 is 0 Å². The molecule has 0 spiro atoms. The fraction of sp³-hybridized carbons (Fsp3) is 0.526. The van der Waals surface area contributed by atoms with E-state index >= 15 is 0 Å². The number of benzene rings is 1. The lowest BCUT2D eigenvalue weighted by Gasteiger charge is -2.30. The van der Waals surface area contributed by atoms with Crippen LogP contribution in [0.3, 0.4) is 0 Å². The van der Waals surface area contributed by atoms with Gasteiger partial charge in [0.05, 0.1) is 6.54 Å². The van der Waals surface area contributed by atoms with Crippen molar-refractivity contribution in [2.24, 2.45) is 0 Å². The maximum Gasteiger partial charge on any atom is 0.234 e. The summed E-state index contributed by atoms with van der Waals surface area (Å²) in [4.78, 5) is 14.3. The van der Waals surface area contributed by atoms with Crippen LogP contribution in [-0.4, -0.2) is 40.6 Å². The molecule has 5 nitrogen and oxygen atoms in total. The number of amides is 1. The van der Waals surface area contributed by atoms with Gasteiger partial charge in [-0.15, -0.1) is 21.5 Å². The van der Waals surface area contributed by atoms with Crippen molar-refractivity contribution in [3.63, 3.8) is 0 Å². The van der Waals surface area contributed by atoms with Gasteiger partial charge in [-0.1, -0.05) is 12.1 Å². The summed E-state index contributed by atoms with van der Waals surface area (Å²) in [5, 5.41) is 14.0. The first-order valence-electron chi connectivity index (χ1n) is 9.24. The standard InChI is InChI=1S/C19H23FN4OS/c20-16-5-1-13(2-6-16)11-21-17(25)12-24-9-7-15(8-10-24)19-23-22-18(26-19)14-3-4-14/h1-2,5-6,14-15H,3-4,7-12H2,(H,21,25). The molecule has 26 heavy (non-hydrogen) atoms. The lowest BCUT2D eigenvalue weighted by atomic mass is 9.98. The zero-order chi connectivity index (χ0) is 17.9. The summed E-state index contributed by atoms with van der Waals surface area (Å²) in [6.07, 6.45) is 4.59. The predicted molar refractivity (Wildman–Crippen MR) is 98.5 cm³/mol. The highest BCUT2D eigenvalue weighted by Gasteiger charge is 2.30. The van der Waals surface area contributed by atoms with Gasteiger partial charge in [0.15, 0.2) is 0 Å². The lowest BCUT2D eigenvalue weighted by molar-refractivity contribution is -0.122. The lowest BCUT2D eigenvalue weighted by Crippen LogP contribution is -2.41. The van der Waals surface area contributed by atoms with Gasteiger partial charge in [-0.2, -0.15) is 0 Å². The number of nitrogens with one attached hydrogen (secondary N) is 1. The molecule has 1 saturated carbocycles. The molecule has 1 aromatic heterocycles. The van der Waals surface area contributed by atoms with Crippen LogP contribution in [0.5, 0.6) is 0 Å². The number of nitrogens with zero attached hydrogens (tertiary/aromatic N) is 3. The number of piperidine rings is 1. The molecule has 0 unspecified atom stereocenters. The number of likely N-dealkylation sites (tertiary alicyclic amines) is 1. The van der Waals surface area contributed by atoms with E-state index in [1.165, 1.54) is 35.0 Å². The summed E-state index contributed by atoms with van der Waals surface area (Å²) in [5.74, 6) is 0.909. The molecule has 2 aromatic rings. The first kappa shape index (κ1) is 17.5. The highest BCUT2D eigenvalue weighted by molar-refractivity contribution is 7.11. The third kappa shape index (κ3) is 4.45. The Morgan fingerprint density at radius 2 is 1.69 bits per heavy atom. The minimum atomic E-state index is -0.261. The summed E-state index contributed by atoms with van der Waals surface area (Å²) >= 11 is 1.79. The van der Waals surface area contributed by atoms with Crippen molar-refractivity contribution in [2.75, 3.05) is 19.6 Å². The average molecular weight is 374 g/mol. The Kier molecular flexibility index (Phi) is 5.26. The maximum atomic E-state index is 12.9. The minimum absolute atomic E-state index is 0.0136. The van der Waals surface area contributed by atoms with Crippen molar-refractivity contribution in [1.29, 1.82) is 0 Å². The second-order valence-corrected chi connectivity index (χ2v) is 8.25. The van der Waals surface area contributed by atoms with Crippen LogP contribution in [0, 0.1) is 5.82 Å². The zero-order valence-corrected chi connectivity index (χ0v) is 15.5. The van der Waals surface area contributed by atoms with Crippen LogP contribution in [0.1, 0.15) is 53.1 Å². The third-order valence-electron chi connectivity index (χ3n) is 5.09. The van der Waals surface area contributed by atoms with Crippen molar-refractivity contribution in [1.82, 2.24) is 20.4 Å². The SMILES string of the molecule is O=C(CN1CCC(c2nnc(C3CC3)s2)CC1)NCc1ccc(F)cc1. The predicted octanol–water partition coefficient (Wildman–Crippen LogP) is 3.05. The summed E-state index contributed by atoms with van der Waals surface area (Å²) in [7, 11) is 0. The summed E-state index contributed by atoms with van der Waals surface area (Å²) in [6, 6.07) is 6.21. The molecule has 2 aliphatic rings. The largest absolute Gasteiger partial charge is 0.351 e. The molecule has 1 aliphatic heterocycles. The van der Waals surface area contributed by atoms with E-state index in [0.717, 1.165) is 31.5 Å². The molecule has 0 atom stereocenters. The molecule has 1 amide bonds. The van der Waals surface area contributed by atoms with Crippen LogP contribution in [0.15, 0.2) is 24.3 Å². The highest BCUT2D eigenvalue weighted by Crippen LogP contribution is 2.43. The molecule has 2 heterocycles. The zero-order valence-electron chi connectivity index (χ0n) is 14.7. The molecule has 1 aromatic carbocycles. The van der Waals surface area contributed by atoms with Gasteiger partial charge in [0.1, 0.15) is 15.8 Å². The van der Waals surface area contributed by atoms with Crippen molar-refractivity contribution >= 4 is 17.2 Å². The topological polar surface area (TPSA) is 58.1 Å². The van der Waals surface area contributed by atoms with Crippen LogP contribution >= 0.6 is 11.3 Å². The Hall–Kier alpha value is -1.86. The molecule has 1 saturated heterocycles. The maximum absolute atomic E-state index is 12.9. The Labute approximate surface area is 156 Å². The first-order valence-corrected chi connectivity index (χ1v) is 10.1. The molecule has 2 fully saturated rings. The fourth-order valence-corrected chi connectivity index (χ4v) is 4.49. The molecular weight excluding hydrogens is 351 g/mol. The molecule has 0 bridgehead atoms. The molecule has 1 N–H and O–H groups in total. The number of carbonyl (C=O) groups excluding carboxylic acids is 1. The smallest absolute Gasteiger partial charge is 0.234 e. The molecule has 1 aliphatic carbocycles. The van der Waals surface area contributed by atoms with E-state index in [1.807, 2.05) is 0 Å². The summed E-state index contributed by atoms with van der Waals surface area (Å²) in [5.41, 5.74) is 0.904. The van der Waals surface area contributed by atoms with Gasteiger partial charge < -0.3 is 5.32 Å². The number of carbonyl (C=O) groups is 1. The fourth-order valence-electron chi connectivity index (χ4n) is 3.31. The van der Waals surface area contributed by atoms with E-state index in [1.54, 1.807) is 23.5 Å². The Bertz CT molecular complexity index is 751. The van der Waals surface area contributed by atoms with Gasteiger partial charge in [-0.05, 0) is 56.5 Å². The van der Waals surface area contributed by atoms with Crippen molar-refractivity contribution in [3.05, 3.63) is 45.7 Å². The van der Waals surface area contributed by atoms with Crippen LogP contribution in [0.2, 0.25) is 0 Å². The molecule has 7 heteroatoms. The second kappa shape index (κ2) is 7.80. The number of halogens is 1. The first-order chi connectivity index (χ1) is 12.7. The third-order valence-corrected chi connectivity index (χ3v) is 6.34. The van der Waals surface area contributed by atoms with Gasteiger partial charge in [-0.3, -0.25) is 9.69 Å². The minimum Gasteiger partial charge on any atom is -0.351 e. The summed E-state index contributed by atoms with van der Waals surface area (Å²) < 4.78 is 12.9. The molecular formula is C19H23FN4OS. The summed E-state index contributed by atoms with van der Waals surface area (Å²) in [6.45, 7) is 2.67. The van der Waals surface area contributed by atoms with Crippen LogP contribution in [0.25, 0.3) is 0 Å². The molecule has 0 radical (unpaired) electrons. The normalized spacial score (nSPS) is 18.8. The number of hydrogen-bond acceptors (Lipinski definition) is 5. The molecule has 4 rings (SSSR count). The Morgan fingerprint density at radius 1 is 1.08 bits per heavy atom. The van der Waals surface area contributed by atoms with E-state index in [2.05, 4.69) is 20.4 Å². The van der Waals surface area contributed by atoms with Gasteiger partial charge in [0.2, 0.25) is 5.91 Å². The van der Waals surface area contributed by atoms with Gasteiger partial charge >= 0.3 is 0 Å².